The van der Waals surface area contributed by atoms with Crippen LogP contribution in [0.2, 0.25) is 0 Å². The summed E-state index contributed by atoms with van der Waals surface area (Å²) in [6, 6.07) is 0. The molecule has 0 aliphatic heterocycles. The molecule has 23 heavy (non-hydrogen) atoms. The monoisotopic (exact) mass is 316 g/mol. The summed E-state index contributed by atoms with van der Waals surface area (Å²) < 4.78 is 0. The predicted octanol–water partition coefficient (Wildman–Crippen LogP) is 3.61. The average Bonchev–Trinajstić information content (AvgIpc) is 2.41. The van der Waals surface area contributed by atoms with Gasteiger partial charge >= 0.3 is 0 Å². The third-order valence-electron chi connectivity index (χ3n) is 6.54. The predicted molar refractivity (Wildman–Crippen MR) is 89.8 cm³/mol. The lowest BCUT2D eigenvalue weighted by atomic mass is 9.47. The van der Waals surface area contributed by atoms with Crippen molar-refractivity contribution < 1.29 is 14.7 Å². The minimum Gasteiger partial charge on any atom is -0.392 e. The molecule has 0 amide bonds. The third-order valence-corrected chi connectivity index (χ3v) is 6.54. The zero-order chi connectivity index (χ0) is 16.8. The van der Waals surface area contributed by atoms with Gasteiger partial charge in [-0.3, -0.25) is 9.59 Å². The van der Waals surface area contributed by atoms with Crippen molar-refractivity contribution in [1.82, 2.24) is 0 Å². The summed E-state index contributed by atoms with van der Waals surface area (Å²) in [5.41, 5.74) is 1.75. The van der Waals surface area contributed by atoms with Crippen LogP contribution in [0.25, 0.3) is 0 Å². The second-order valence-corrected chi connectivity index (χ2v) is 8.65. The molecule has 3 heteroatoms. The molecular weight excluding hydrogens is 288 g/mol. The highest BCUT2D eigenvalue weighted by Gasteiger charge is 2.55. The van der Waals surface area contributed by atoms with Gasteiger partial charge in [-0.1, -0.05) is 38.8 Å². The van der Waals surface area contributed by atoms with Crippen molar-refractivity contribution in [1.29, 1.82) is 0 Å². The van der Waals surface area contributed by atoms with Crippen LogP contribution in [0.5, 0.6) is 0 Å². The Morgan fingerprint density at radius 2 is 1.96 bits per heavy atom. The zero-order valence-electron chi connectivity index (χ0n) is 14.5. The highest BCUT2D eigenvalue weighted by Crippen LogP contribution is 2.60. The highest BCUT2D eigenvalue weighted by molar-refractivity contribution is 5.95. The minimum absolute atomic E-state index is 0.0182. The molecule has 3 rings (SSSR count). The Bertz CT molecular complexity index is 584. The molecule has 126 valence electrons. The van der Waals surface area contributed by atoms with Crippen LogP contribution in [0.15, 0.2) is 23.3 Å². The topological polar surface area (TPSA) is 54.4 Å². The van der Waals surface area contributed by atoms with Crippen LogP contribution in [0.1, 0.15) is 59.3 Å². The molecule has 3 aliphatic rings. The van der Waals surface area contributed by atoms with Crippen molar-refractivity contribution in [3.05, 3.63) is 23.3 Å². The number of hydrogen-bond acceptors (Lipinski definition) is 3. The van der Waals surface area contributed by atoms with Crippen LogP contribution >= 0.6 is 0 Å². The summed E-state index contributed by atoms with van der Waals surface area (Å²) in [6.07, 6.45) is 9.13. The van der Waals surface area contributed by atoms with Gasteiger partial charge in [0.25, 0.3) is 0 Å². The fourth-order valence-electron chi connectivity index (χ4n) is 5.67. The summed E-state index contributed by atoms with van der Waals surface area (Å²) in [4.78, 5) is 24.1. The van der Waals surface area contributed by atoms with Gasteiger partial charge in [-0.2, -0.15) is 0 Å². The van der Waals surface area contributed by atoms with Gasteiger partial charge < -0.3 is 5.11 Å². The Morgan fingerprint density at radius 1 is 1.22 bits per heavy atom. The van der Waals surface area contributed by atoms with E-state index < -0.39 is 6.10 Å². The van der Waals surface area contributed by atoms with E-state index in [2.05, 4.69) is 20.8 Å². The van der Waals surface area contributed by atoms with Crippen molar-refractivity contribution >= 4 is 12.1 Å². The molecule has 0 radical (unpaired) electrons. The third kappa shape index (κ3) is 2.73. The second kappa shape index (κ2) is 5.70. The van der Waals surface area contributed by atoms with E-state index in [1.807, 2.05) is 12.2 Å². The Labute approximate surface area is 138 Å². The molecule has 1 unspecified atom stereocenters. The number of fused-ring (bicyclic) bond motifs is 3. The van der Waals surface area contributed by atoms with Crippen molar-refractivity contribution in [2.75, 3.05) is 0 Å². The van der Waals surface area contributed by atoms with E-state index >= 15 is 0 Å². The summed E-state index contributed by atoms with van der Waals surface area (Å²) in [6.45, 7) is 6.70. The maximum Gasteiger partial charge on any atom is 0.159 e. The number of aliphatic hydroxyl groups is 1. The zero-order valence-corrected chi connectivity index (χ0v) is 14.5. The first-order valence-electron chi connectivity index (χ1n) is 8.84. The quantitative estimate of drug-likeness (QED) is 0.752. The second-order valence-electron chi connectivity index (χ2n) is 8.65. The Hall–Kier alpha value is -1.22. The number of aliphatic hydroxyl groups excluding tert-OH is 1. The molecule has 0 aromatic rings. The molecule has 0 aromatic carbocycles. The summed E-state index contributed by atoms with van der Waals surface area (Å²) in [7, 11) is 0. The first-order valence-corrected chi connectivity index (χ1v) is 8.84. The lowest BCUT2D eigenvalue weighted by molar-refractivity contribution is -0.136. The molecule has 0 aromatic heterocycles. The maximum absolute atomic E-state index is 12.9. The van der Waals surface area contributed by atoms with Crippen molar-refractivity contribution in [3.63, 3.8) is 0 Å². The van der Waals surface area contributed by atoms with Gasteiger partial charge in [-0.25, -0.2) is 0 Å². The SMILES string of the molecule is CC1(C)CCC[C@]2(C)[C@H]3C/C=C(/C=O)CC(O)CC3=CC(=O)[C@@H]12. The smallest absolute Gasteiger partial charge is 0.159 e. The molecule has 0 heterocycles. The first-order chi connectivity index (χ1) is 10.8. The molecule has 0 saturated heterocycles. The van der Waals surface area contributed by atoms with Crippen molar-refractivity contribution in [3.8, 4) is 0 Å². The maximum atomic E-state index is 12.9. The van der Waals surface area contributed by atoms with E-state index in [9.17, 15) is 14.7 Å². The largest absolute Gasteiger partial charge is 0.392 e. The van der Waals surface area contributed by atoms with Gasteiger partial charge in [0, 0.05) is 12.3 Å². The van der Waals surface area contributed by atoms with Crippen LogP contribution < -0.4 is 0 Å². The summed E-state index contributed by atoms with van der Waals surface area (Å²) in [5, 5.41) is 10.3. The molecule has 1 N–H and O–H groups in total. The molecule has 0 spiro atoms. The van der Waals surface area contributed by atoms with Gasteiger partial charge in [0.15, 0.2) is 5.78 Å². The summed E-state index contributed by atoms with van der Waals surface area (Å²) >= 11 is 0. The number of hydrogen-bond donors (Lipinski definition) is 1. The fourth-order valence-corrected chi connectivity index (χ4v) is 5.67. The van der Waals surface area contributed by atoms with Crippen LogP contribution in [0.3, 0.4) is 0 Å². The van der Waals surface area contributed by atoms with Crippen LogP contribution in [-0.2, 0) is 9.59 Å². The number of rotatable bonds is 1. The van der Waals surface area contributed by atoms with E-state index in [1.165, 1.54) is 0 Å². The van der Waals surface area contributed by atoms with E-state index in [1.54, 1.807) is 0 Å². The molecule has 0 bridgehead atoms. The lowest BCUT2D eigenvalue weighted by Crippen LogP contribution is -2.53. The van der Waals surface area contributed by atoms with Crippen LogP contribution in [-0.4, -0.2) is 23.3 Å². The normalized spacial score (nSPS) is 42.3. The number of aldehydes is 1. The average molecular weight is 316 g/mol. The molecule has 3 nitrogen and oxygen atoms in total. The van der Waals surface area contributed by atoms with Gasteiger partial charge in [-0.15, -0.1) is 0 Å². The van der Waals surface area contributed by atoms with Crippen molar-refractivity contribution in [2.24, 2.45) is 22.7 Å². The standard InChI is InChI=1S/C20H28O3/c1-19(2)7-4-8-20(3)16-6-5-13(12-21)9-15(22)10-14(16)11-17(23)18(19)20/h5,11-12,15-16,18,22H,4,6-10H2,1-3H3/b13-5+/t15?,16-,18-,20+/m0/s1. The number of allylic oxidation sites excluding steroid dienone is 2. The minimum atomic E-state index is -0.565. The van der Waals surface area contributed by atoms with E-state index in [-0.39, 0.29) is 28.4 Å². The first kappa shape index (κ1) is 16.6. The Balaban J connectivity index is 2.07. The Kier molecular flexibility index (Phi) is 4.12. The molecule has 3 aliphatic carbocycles. The summed E-state index contributed by atoms with van der Waals surface area (Å²) in [5.74, 6) is 0.549. The highest BCUT2D eigenvalue weighted by atomic mass is 16.3. The fraction of sp³-hybridized carbons (Fsp3) is 0.700. The Morgan fingerprint density at radius 3 is 2.65 bits per heavy atom. The van der Waals surface area contributed by atoms with Crippen LogP contribution in [0, 0.1) is 22.7 Å². The number of ketones is 1. The van der Waals surface area contributed by atoms with Crippen LogP contribution in [0.4, 0.5) is 0 Å². The molecule has 1 fully saturated rings. The van der Waals surface area contributed by atoms with Gasteiger partial charge in [0.05, 0.1) is 6.10 Å². The number of carbonyl (C=O) groups is 2. The lowest BCUT2D eigenvalue weighted by Gasteiger charge is -2.56. The van der Waals surface area contributed by atoms with E-state index in [0.29, 0.717) is 18.4 Å². The van der Waals surface area contributed by atoms with E-state index in [0.717, 1.165) is 37.5 Å². The molecular formula is C20H28O3. The van der Waals surface area contributed by atoms with Gasteiger partial charge in [0.2, 0.25) is 0 Å². The molecule has 4 atom stereocenters. The van der Waals surface area contributed by atoms with Gasteiger partial charge in [-0.05, 0) is 54.1 Å². The van der Waals surface area contributed by atoms with E-state index in [4.69, 9.17) is 0 Å². The molecule has 1 saturated carbocycles. The van der Waals surface area contributed by atoms with Gasteiger partial charge in [0.1, 0.15) is 6.29 Å². The van der Waals surface area contributed by atoms with Crippen molar-refractivity contribution in [2.45, 2.75) is 65.4 Å². The number of carbonyl (C=O) groups excluding carboxylic acids is 2.